The van der Waals surface area contributed by atoms with Crippen molar-refractivity contribution in [1.82, 2.24) is 15.3 Å². The van der Waals surface area contributed by atoms with Crippen molar-refractivity contribution in [1.29, 1.82) is 0 Å². The van der Waals surface area contributed by atoms with E-state index in [4.69, 9.17) is 4.98 Å². The van der Waals surface area contributed by atoms with Gasteiger partial charge >= 0.3 is 0 Å². The number of unbranched alkanes of at least 4 members (excludes halogenated alkanes) is 2. The molecule has 1 amide bonds. The van der Waals surface area contributed by atoms with E-state index >= 15 is 0 Å². The van der Waals surface area contributed by atoms with Crippen LogP contribution in [0.5, 0.6) is 0 Å². The standard InChI is InChI=1S/C24H25N3O/c1-3-4-7-14-25-24(28)21-15-19-18-8-5-6-9-20(18)26-23(19)22(27-21)17-12-10-16(2)11-13-17/h5-6,8-13,15,26H,3-4,7,14H2,1-2H3,(H,25,28). The summed E-state index contributed by atoms with van der Waals surface area (Å²) >= 11 is 0. The van der Waals surface area contributed by atoms with E-state index in [2.05, 4.69) is 60.5 Å². The van der Waals surface area contributed by atoms with Gasteiger partial charge in [0.15, 0.2) is 0 Å². The lowest BCUT2D eigenvalue weighted by molar-refractivity contribution is 0.0948. The Balaban J connectivity index is 1.83. The Morgan fingerprint density at radius 1 is 1.04 bits per heavy atom. The van der Waals surface area contributed by atoms with Crippen LogP contribution < -0.4 is 5.32 Å². The number of amides is 1. The topological polar surface area (TPSA) is 57.8 Å². The summed E-state index contributed by atoms with van der Waals surface area (Å²) in [6.07, 6.45) is 3.24. The molecule has 142 valence electrons. The van der Waals surface area contributed by atoms with Crippen LogP contribution in [0.4, 0.5) is 0 Å². The summed E-state index contributed by atoms with van der Waals surface area (Å²) in [6.45, 7) is 4.90. The van der Waals surface area contributed by atoms with Gasteiger partial charge in [-0.2, -0.15) is 0 Å². The first kappa shape index (κ1) is 18.2. The summed E-state index contributed by atoms with van der Waals surface area (Å²) in [7, 11) is 0. The fourth-order valence-electron chi connectivity index (χ4n) is 3.55. The number of hydrogen-bond acceptors (Lipinski definition) is 2. The van der Waals surface area contributed by atoms with E-state index in [-0.39, 0.29) is 5.91 Å². The molecule has 2 aromatic heterocycles. The highest BCUT2D eigenvalue weighted by Crippen LogP contribution is 2.32. The molecule has 0 bridgehead atoms. The number of carbonyl (C=O) groups is 1. The van der Waals surface area contributed by atoms with Gasteiger partial charge in [0.05, 0.1) is 11.2 Å². The van der Waals surface area contributed by atoms with Gasteiger partial charge in [-0.05, 0) is 25.5 Å². The number of nitrogens with one attached hydrogen (secondary N) is 2. The molecule has 2 aromatic carbocycles. The SMILES string of the molecule is CCCCCNC(=O)c1cc2c([nH]c3ccccc32)c(-c2ccc(C)cc2)n1. The van der Waals surface area contributed by atoms with Gasteiger partial charge in [-0.25, -0.2) is 4.98 Å². The summed E-state index contributed by atoms with van der Waals surface area (Å²) < 4.78 is 0. The lowest BCUT2D eigenvalue weighted by Crippen LogP contribution is -2.25. The van der Waals surface area contributed by atoms with Crippen molar-refractivity contribution in [3.05, 3.63) is 65.9 Å². The molecule has 0 aliphatic heterocycles. The van der Waals surface area contributed by atoms with Crippen LogP contribution in [-0.4, -0.2) is 22.4 Å². The average molecular weight is 371 g/mol. The van der Waals surface area contributed by atoms with Crippen molar-refractivity contribution in [2.45, 2.75) is 33.1 Å². The van der Waals surface area contributed by atoms with Gasteiger partial charge < -0.3 is 10.3 Å². The number of para-hydroxylation sites is 1. The second-order valence-electron chi connectivity index (χ2n) is 7.28. The van der Waals surface area contributed by atoms with Gasteiger partial charge in [0, 0.05) is 28.4 Å². The summed E-state index contributed by atoms with van der Waals surface area (Å²) in [5.41, 5.74) is 5.49. The van der Waals surface area contributed by atoms with E-state index in [0.717, 1.165) is 52.3 Å². The Kier molecular flexibility index (Phi) is 5.11. The first-order valence-corrected chi connectivity index (χ1v) is 9.94. The molecule has 0 aliphatic rings. The zero-order valence-corrected chi connectivity index (χ0v) is 16.4. The molecular weight excluding hydrogens is 346 g/mol. The highest BCUT2D eigenvalue weighted by atomic mass is 16.1. The van der Waals surface area contributed by atoms with Gasteiger partial charge in [0.25, 0.3) is 5.91 Å². The summed E-state index contributed by atoms with van der Waals surface area (Å²) in [6, 6.07) is 18.3. The second-order valence-corrected chi connectivity index (χ2v) is 7.28. The zero-order valence-electron chi connectivity index (χ0n) is 16.4. The first-order valence-electron chi connectivity index (χ1n) is 9.94. The maximum absolute atomic E-state index is 12.8. The third kappa shape index (κ3) is 3.50. The van der Waals surface area contributed by atoms with Gasteiger partial charge in [-0.1, -0.05) is 67.8 Å². The third-order valence-electron chi connectivity index (χ3n) is 5.12. The van der Waals surface area contributed by atoms with Gasteiger partial charge in [-0.15, -0.1) is 0 Å². The van der Waals surface area contributed by atoms with Crippen LogP contribution in [0.25, 0.3) is 33.1 Å². The van der Waals surface area contributed by atoms with Crippen molar-refractivity contribution in [3.63, 3.8) is 0 Å². The van der Waals surface area contributed by atoms with E-state index in [1.165, 1.54) is 5.56 Å². The predicted molar refractivity (Wildman–Crippen MR) is 116 cm³/mol. The Hall–Kier alpha value is -3.14. The number of fused-ring (bicyclic) bond motifs is 3. The van der Waals surface area contributed by atoms with Crippen molar-refractivity contribution >= 4 is 27.7 Å². The molecule has 4 aromatic rings. The van der Waals surface area contributed by atoms with E-state index < -0.39 is 0 Å². The molecule has 4 heteroatoms. The second kappa shape index (κ2) is 7.85. The quantitative estimate of drug-likeness (QED) is 0.433. The number of nitrogens with zero attached hydrogens (tertiary/aromatic N) is 1. The first-order chi connectivity index (χ1) is 13.7. The Morgan fingerprint density at radius 3 is 2.61 bits per heavy atom. The minimum atomic E-state index is -0.114. The van der Waals surface area contributed by atoms with Crippen molar-refractivity contribution in [2.75, 3.05) is 6.54 Å². The van der Waals surface area contributed by atoms with E-state index in [1.807, 2.05) is 18.2 Å². The van der Waals surface area contributed by atoms with Crippen LogP contribution in [0, 0.1) is 6.92 Å². The Labute approximate surface area is 165 Å². The Bertz CT molecular complexity index is 1130. The van der Waals surface area contributed by atoms with Crippen LogP contribution >= 0.6 is 0 Å². The van der Waals surface area contributed by atoms with Crippen LogP contribution in [0.1, 0.15) is 42.2 Å². The highest BCUT2D eigenvalue weighted by molar-refractivity contribution is 6.13. The fraction of sp³-hybridized carbons (Fsp3) is 0.250. The zero-order chi connectivity index (χ0) is 19.5. The number of aromatic nitrogens is 2. The van der Waals surface area contributed by atoms with Gasteiger partial charge in [-0.3, -0.25) is 4.79 Å². The molecule has 0 aliphatic carbocycles. The molecule has 0 spiro atoms. The monoisotopic (exact) mass is 371 g/mol. The minimum absolute atomic E-state index is 0.114. The molecule has 0 saturated carbocycles. The molecular formula is C24H25N3O. The molecule has 0 radical (unpaired) electrons. The number of aromatic amines is 1. The van der Waals surface area contributed by atoms with E-state index in [0.29, 0.717) is 12.2 Å². The molecule has 2 heterocycles. The lowest BCUT2D eigenvalue weighted by atomic mass is 10.0. The van der Waals surface area contributed by atoms with Crippen molar-refractivity contribution < 1.29 is 4.79 Å². The maximum atomic E-state index is 12.8. The number of benzene rings is 2. The van der Waals surface area contributed by atoms with Crippen LogP contribution in [0.15, 0.2) is 54.6 Å². The average Bonchev–Trinajstić information content (AvgIpc) is 3.10. The van der Waals surface area contributed by atoms with Crippen LogP contribution in [-0.2, 0) is 0 Å². The summed E-state index contributed by atoms with van der Waals surface area (Å²) in [4.78, 5) is 21.0. The minimum Gasteiger partial charge on any atom is -0.353 e. The lowest BCUT2D eigenvalue weighted by Gasteiger charge is -2.09. The molecule has 0 saturated heterocycles. The third-order valence-corrected chi connectivity index (χ3v) is 5.12. The summed E-state index contributed by atoms with van der Waals surface area (Å²) in [5.74, 6) is -0.114. The van der Waals surface area contributed by atoms with E-state index in [9.17, 15) is 4.79 Å². The van der Waals surface area contributed by atoms with Crippen molar-refractivity contribution in [2.24, 2.45) is 0 Å². The number of H-pyrrole nitrogens is 1. The molecule has 0 atom stereocenters. The molecule has 28 heavy (non-hydrogen) atoms. The number of carbonyl (C=O) groups excluding carboxylic acids is 1. The highest BCUT2D eigenvalue weighted by Gasteiger charge is 2.16. The number of aryl methyl sites for hydroxylation is 1. The van der Waals surface area contributed by atoms with Crippen LogP contribution in [0.2, 0.25) is 0 Å². The number of rotatable bonds is 6. The normalized spacial score (nSPS) is 11.2. The van der Waals surface area contributed by atoms with Crippen molar-refractivity contribution in [3.8, 4) is 11.3 Å². The molecule has 4 nitrogen and oxygen atoms in total. The maximum Gasteiger partial charge on any atom is 0.269 e. The van der Waals surface area contributed by atoms with E-state index in [1.54, 1.807) is 0 Å². The number of hydrogen-bond donors (Lipinski definition) is 2. The molecule has 4 rings (SSSR count). The fourth-order valence-corrected chi connectivity index (χ4v) is 3.55. The smallest absolute Gasteiger partial charge is 0.269 e. The Morgan fingerprint density at radius 2 is 1.82 bits per heavy atom. The van der Waals surface area contributed by atoms with Gasteiger partial charge in [0.1, 0.15) is 5.69 Å². The molecule has 2 N–H and O–H groups in total. The summed E-state index contributed by atoms with van der Waals surface area (Å²) in [5, 5.41) is 5.15. The molecule has 0 fully saturated rings. The molecule has 0 unspecified atom stereocenters. The van der Waals surface area contributed by atoms with Crippen LogP contribution in [0.3, 0.4) is 0 Å². The van der Waals surface area contributed by atoms with Gasteiger partial charge in [0.2, 0.25) is 0 Å². The largest absolute Gasteiger partial charge is 0.353 e. The predicted octanol–water partition coefficient (Wildman–Crippen LogP) is 5.61. The number of pyridine rings is 1.